The quantitative estimate of drug-likeness (QED) is 0.529. The Balaban J connectivity index is 2.40. The van der Waals surface area contributed by atoms with E-state index in [2.05, 4.69) is 6.58 Å². The Hall–Kier alpha value is -0.340. The maximum absolute atomic E-state index is 9.18. The van der Waals surface area contributed by atoms with Crippen LogP contribution in [0.25, 0.3) is 0 Å². The fourth-order valence-electron chi connectivity index (χ4n) is 1.38. The number of aliphatic hydroxyl groups excluding tert-OH is 2. The highest BCUT2D eigenvalue weighted by Crippen LogP contribution is 2.24. The van der Waals surface area contributed by atoms with Crippen molar-refractivity contribution in [2.45, 2.75) is 31.5 Å². The molecule has 0 spiro atoms. The summed E-state index contributed by atoms with van der Waals surface area (Å²) >= 11 is 0. The summed E-state index contributed by atoms with van der Waals surface area (Å²) in [6.07, 6.45) is 3.16. The van der Waals surface area contributed by atoms with Crippen molar-refractivity contribution in [3.8, 4) is 0 Å². The summed E-state index contributed by atoms with van der Waals surface area (Å²) < 4.78 is 0. The molecule has 1 fully saturated rings. The Labute approximate surface area is 61.2 Å². The topological polar surface area (TPSA) is 40.5 Å². The third kappa shape index (κ3) is 1.58. The smallest absolute Gasteiger partial charge is 0.0804 e. The second-order valence-electron chi connectivity index (χ2n) is 2.94. The van der Waals surface area contributed by atoms with Gasteiger partial charge < -0.3 is 10.2 Å². The second kappa shape index (κ2) is 3.17. The van der Waals surface area contributed by atoms with Gasteiger partial charge in [-0.3, -0.25) is 0 Å². The van der Waals surface area contributed by atoms with Crippen LogP contribution >= 0.6 is 0 Å². The first kappa shape index (κ1) is 7.76. The highest BCUT2D eigenvalue weighted by atomic mass is 16.3. The highest BCUT2D eigenvalue weighted by molar-refractivity contribution is 4.88. The van der Waals surface area contributed by atoms with Crippen LogP contribution in [-0.2, 0) is 0 Å². The second-order valence-corrected chi connectivity index (χ2v) is 2.94. The molecule has 0 radical (unpaired) electrons. The minimum absolute atomic E-state index is 0.401. The lowest BCUT2D eigenvalue weighted by molar-refractivity contribution is -0.0188. The Kier molecular flexibility index (Phi) is 2.46. The molecule has 0 aromatic carbocycles. The predicted molar refractivity (Wildman–Crippen MR) is 39.6 cm³/mol. The standard InChI is InChI=1S/C8H14O2/c1-2-6-3-4-7(9)8(10)5-6/h2,6-10H,1,3-5H2/t6?,7-,8-/m0/s1. The molecule has 0 aromatic heterocycles. The van der Waals surface area contributed by atoms with Crippen molar-refractivity contribution >= 4 is 0 Å². The van der Waals surface area contributed by atoms with Gasteiger partial charge in [-0.15, -0.1) is 6.58 Å². The first-order valence-corrected chi connectivity index (χ1v) is 3.72. The average molecular weight is 142 g/mol. The van der Waals surface area contributed by atoms with Crippen LogP contribution in [0.5, 0.6) is 0 Å². The molecule has 58 valence electrons. The van der Waals surface area contributed by atoms with E-state index in [-0.39, 0.29) is 0 Å². The lowest BCUT2D eigenvalue weighted by Gasteiger charge is -2.27. The van der Waals surface area contributed by atoms with Crippen LogP contribution in [0.3, 0.4) is 0 Å². The molecular weight excluding hydrogens is 128 g/mol. The van der Waals surface area contributed by atoms with Crippen LogP contribution in [0.2, 0.25) is 0 Å². The molecule has 0 aromatic rings. The maximum Gasteiger partial charge on any atom is 0.0804 e. The van der Waals surface area contributed by atoms with Gasteiger partial charge in [0.2, 0.25) is 0 Å². The SMILES string of the molecule is C=CC1CC[C@H](O)[C@@H](O)C1. The van der Waals surface area contributed by atoms with Crippen molar-refractivity contribution in [2.24, 2.45) is 5.92 Å². The molecule has 1 rings (SSSR count). The van der Waals surface area contributed by atoms with E-state index in [9.17, 15) is 5.11 Å². The average Bonchev–Trinajstić information content (AvgIpc) is 1.95. The Morgan fingerprint density at radius 1 is 1.20 bits per heavy atom. The van der Waals surface area contributed by atoms with Gasteiger partial charge in [0.1, 0.15) is 0 Å². The van der Waals surface area contributed by atoms with Gasteiger partial charge in [-0.1, -0.05) is 6.08 Å². The Morgan fingerprint density at radius 2 is 1.90 bits per heavy atom. The van der Waals surface area contributed by atoms with Crippen LogP contribution in [0, 0.1) is 5.92 Å². The van der Waals surface area contributed by atoms with Crippen molar-refractivity contribution in [3.63, 3.8) is 0 Å². The Bertz CT molecular complexity index is 122. The van der Waals surface area contributed by atoms with Crippen LogP contribution < -0.4 is 0 Å². The molecule has 2 N–H and O–H groups in total. The minimum atomic E-state index is -0.531. The van der Waals surface area contributed by atoms with Gasteiger partial charge in [-0.2, -0.15) is 0 Å². The summed E-state index contributed by atoms with van der Waals surface area (Å²) in [7, 11) is 0. The van der Waals surface area contributed by atoms with Crippen molar-refractivity contribution in [1.29, 1.82) is 0 Å². The number of aliphatic hydroxyl groups is 2. The highest BCUT2D eigenvalue weighted by Gasteiger charge is 2.25. The molecule has 0 saturated heterocycles. The summed E-state index contributed by atoms with van der Waals surface area (Å²) in [5.74, 6) is 0.401. The van der Waals surface area contributed by atoms with E-state index >= 15 is 0 Å². The molecule has 2 heteroatoms. The van der Waals surface area contributed by atoms with Gasteiger partial charge in [0.15, 0.2) is 0 Å². The van der Waals surface area contributed by atoms with E-state index < -0.39 is 12.2 Å². The summed E-state index contributed by atoms with van der Waals surface area (Å²) in [6.45, 7) is 3.65. The van der Waals surface area contributed by atoms with Gasteiger partial charge in [0, 0.05) is 0 Å². The number of allylic oxidation sites excluding steroid dienone is 1. The van der Waals surface area contributed by atoms with Gasteiger partial charge >= 0.3 is 0 Å². The van der Waals surface area contributed by atoms with E-state index in [1.807, 2.05) is 6.08 Å². The molecule has 1 aliphatic carbocycles. The predicted octanol–water partition coefficient (Wildman–Crippen LogP) is 0.694. The molecule has 0 bridgehead atoms. The number of rotatable bonds is 1. The zero-order valence-corrected chi connectivity index (χ0v) is 6.03. The monoisotopic (exact) mass is 142 g/mol. The fraction of sp³-hybridized carbons (Fsp3) is 0.750. The Morgan fingerprint density at radius 3 is 2.40 bits per heavy atom. The van der Waals surface area contributed by atoms with Gasteiger partial charge in [-0.25, -0.2) is 0 Å². The third-order valence-electron chi connectivity index (χ3n) is 2.15. The molecule has 0 heterocycles. The molecule has 0 aliphatic heterocycles. The lowest BCUT2D eigenvalue weighted by atomic mass is 9.86. The summed E-state index contributed by atoms with van der Waals surface area (Å²) in [4.78, 5) is 0. The summed E-state index contributed by atoms with van der Waals surface area (Å²) in [5, 5.41) is 18.3. The summed E-state index contributed by atoms with van der Waals surface area (Å²) in [5.41, 5.74) is 0. The maximum atomic E-state index is 9.18. The zero-order chi connectivity index (χ0) is 7.56. The molecule has 1 aliphatic rings. The van der Waals surface area contributed by atoms with E-state index in [0.717, 1.165) is 6.42 Å². The van der Waals surface area contributed by atoms with Gasteiger partial charge in [0.25, 0.3) is 0 Å². The molecular formula is C8H14O2. The number of hydrogen-bond acceptors (Lipinski definition) is 2. The third-order valence-corrected chi connectivity index (χ3v) is 2.15. The minimum Gasteiger partial charge on any atom is -0.390 e. The first-order chi connectivity index (χ1) is 4.74. The van der Waals surface area contributed by atoms with Crippen LogP contribution in [0.4, 0.5) is 0 Å². The summed E-state index contributed by atoms with van der Waals surface area (Å²) in [6, 6.07) is 0. The van der Waals surface area contributed by atoms with Gasteiger partial charge in [0.05, 0.1) is 12.2 Å². The largest absolute Gasteiger partial charge is 0.390 e. The van der Waals surface area contributed by atoms with Crippen molar-refractivity contribution < 1.29 is 10.2 Å². The fourth-order valence-corrected chi connectivity index (χ4v) is 1.38. The molecule has 2 nitrogen and oxygen atoms in total. The number of hydrogen-bond donors (Lipinski definition) is 2. The molecule has 10 heavy (non-hydrogen) atoms. The van der Waals surface area contributed by atoms with Crippen LogP contribution in [-0.4, -0.2) is 22.4 Å². The molecule has 3 atom stereocenters. The van der Waals surface area contributed by atoms with Crippen LogP contribution in [0.15, 0.2) is 12.7 Å². The molecule has 0 amide bonds. The van der Waals surface area contributed by atoms with Crippen molar-refractivity contribution in [1.82, 2.24) is 0 Å². The lowest BCUT2D eigenvalue weighted by Crippen LogP contribution is -2.32. The van der Waals surface area contributed by atoms with E-state index in [0.29, 0.717) is 18.8 Å². The molecule has 1 saturated carbocycles. The van der Waals surface area contributed by atoms with E-state index in [1.54, 1.807) is 0 Å². The van der Waals surface area contributed by atoms with Crippen molar-refractivity contribution in [3.05, 3.63) is 12.7 Å². The first-order valence-electron chi connectivity index (χ1n) is 3.72. The van der Waals surface area contributed by atoms with Gasteiger partial charge in [-0.05, 0) is 25.2 Å². The van der Waals surface area contributed by atoms with E-state index in [4.69, 9.17) is 5.11 Å². The van der Waals surface area contributed by atoms with Crippen LogP contribution in [0.1, 0.15) is 19.3 Å². The molecule has 1 unspecified atom stereocenters. The normalized spacial score (nSPS) is 41.2. The zero-order valence-electron chi connectivity index (χ0n) is 6.03. The van der Waals surface area contributed by atoms with E-state index in [1.165, 1.54) is 0 Å². The van der Waals surface area contributed by atoms with Crippen molar-refractivity contribution in [2.75, 3.05) is 0 Å².